The highest BCUT2D eigenvalue weighted by Gasteiger charge is 2.39. The number of aryl methyl sites for hydroxylation is 2. The van der Waals surface area contributed by atoms with E-state index in [2.05, 4.69) is 33.9 Å². The van der Waals surface area contributed by atoms with Crippen molar-refractivity contribution in [1.29, 1.82) is 0 Å². The number of amides is 1. The second kappa shape index (κ2) is 8.43. The number of benzene rings is 2. The molecule has 1 aromatic heterocycles. The summed E-state index contributed by atoms with van der Waals surface area (Å²) < 4.78 is 25.4. The van der Waals surface area contributed by atoms with E-state index in [4.69, 9.17) is 5.14 Å². The van der Waals surface area contributed by atoms with Gasteiger partial charge in [0.15, 0.2) is 0 Å². The van der Waals surface area contributed by atoms with Gasteiger partial charge in [0.25, 0.3) is 0 Å². The summed E-state index contributed by atoms with van der Waals surface area (Å²) in [7, 11) is -3.79. The SMILES string of the molecule is CCCn1c(CCC(=O)NC2(c3ccccc3)CCC2)nc2cc(S(N)(=O)=O)ccc21. The average Bonchev–Trinajstić information content (AvgIpc) is 3.06. The Morgan fingerprint density at radius 1 is 1.19 bits per heavy atom. The molecule has 0 aliphatic heterocycles. The van der Waals surface area contributed by atoms with Crippen LogP contribution in [-0.4, -0.2) is 23.9 Å². The minimum absolute atomic E-state index is 0.00360. The molecule has 0 unspecified atom stereocenters. The monoisotopic (exact) mass is 440 g/mol. The van der Waals surface area contributed by atoms with Crippen LogP contribution in [0.5, 0.6) is 0 Å². The zero-order chi connectivity index (χ0) is 22.1. The molecule has 2 aromatic carbocycles. The molecule has 1 aliphatic rings. The van der Waals surface area contributed by atoms with E-state index < -0.39 is 10.0 Å². The molecule has 0 bridgehead atoms. The number of primary sulfonamides is 1. The van der Waals surface area contributed by atoms with Crippen LogP contribution in [-0.2, 0) is 33.3 Å². The van der Waals surface area contributed by atoms with Gasteiger partial charge in [-0.25, -0.2) is 18.5 Å². The molecule has 7 nitrogen and oxygen atoms in total. The first-order valence-corrected chi connectivity index (χ1v) is 12.3. The van der Waals surface area contributed by atoms with Crippen molar-refractivity contribution < 1.29 is 13.2 Å². The number of fused-ring (bicyclic) bond motifs is 1. The van der Waals surface area contributed by atoms with Crippen LogP contribution in [0.3, 0.4) is 0 Å². The molecular weight excluding hydrogens is 412 g/mol. The van der Waals surface area contributed by atoms with Gasteiger partial charge in [-0.05, 0) is 49.4 Å². The summed E-state index contributed by atoms with van der Waals surface area (Å²) in [4.78, 5) is 17.5. The number of carbonyl (C=O) groups excluding carboxylic acids is 1. The second-order valence-corrected chi connectivity index (χ2v) is 9.79. The minimum atomic E-state index is -3.79. The summed E-state index contributed by atoms with van der Waals surface area (Å²) in [5, 5.41) is 8.52. The van der Waals surface area contributed by atoms with Crippen LogP contribution in [0, 0.1) is 0 Å². The first kappa shape index (κ1) is 21.5. The molecule has 4 rings (SSSR count). The molecule has 3 N–H and O–H groups in total. The topological polar surface area (TPSA) is 107 Å². The Bertz CT molecular complexity index is 1200. The first-order valence-electron chi connectivity index (χ1n) is 10.7. The van der Waals surface area contributed by atoms with E-state index in [0.29, 0.717) is 18.4 Å². The van der Waals surface area contributed by atoms with Crippen molar-refractivity contribution in [1.82, 2.24) is 14.9 Å². The van der Waals surface area contributed by atoms with Gasteiger partial charge in [0.05, 0.1) is 21.5 Å². The van der Waals surface area contributed by atoms with Crippen molar-refractivity contribution in [2.24, 2.45) is 5.14 Å². The number of sulfonamides is 1. The van der Waals surface area contributed by atoms with Crippen LogP contribution < -0.4 is 10.5 Å². The highest BCUT2D eigenvalue weighted by Crippen LogP contribution is 2.41. The number of rotatable bonds is 8. The van der Waals surface area contributed by atoms with Gasteiger partial charge in [-0.2, -0.15) is 0 Å². The third kappa shape index (κ3) is 4.36. The molecule has 8 heteroatoms. The quantitative estimate of drug-likeness (QED) is 0.561. The molecule has 1 aliphatic carbocycles. The van der Waals surface area contributed by atoms with E-state index in [0.717, 1.165) is 49.1 Å². The molecule has 31 heavy (non-hydrogen) atoms. The van der Waals surface area contributed by atoms with Crippen LogP contribution in [0.25, 0.3) is 11.0 Å². The Balaban J connectivity index is 1.52. The fourth-order valence-corrected chi connectivity index (χ4v) is 4.86. The average molecular weight is 441 g/mol. The fourth-order valence-electron chi connectivity index (χ4n) is 4.33. The normalized spacial score (nSPS) is 15.5. The van der Waals surface area contributed by atoms with Gasteiger partial charge in [-0.1, -0.05) is 37.3 Å². The van der Waals surface area contributed by atoms with Crippen LogP contribution in [0.15, 0.2) is 53.4 Å². The Morgan fingerprint density at radius 3 is 2.55 bits per heavy atom. The van der Waals surface area contributed by atoms with E-state index in [9.17, 15) is 13.2 Å². The number of nitrogens with two attached hydrogens (primary N) is 1. The molecule has 1 fully saturated rings. The summed E-state index contributed by atoms with van der Waals surface area (Å²) in [5.74, 6) is 0.782. The molecule has 0 atom stereocenters. The summed E-state index contributed by atoms with van der Waals surface area (Å²) in [6, 6.07) is 14.9. The zero-order valence-electron chi connectivity index (χ0n) is 17.7. The highest BCUT2D eigenvalue weighted by atomic mass is 32.2. The fraction of sp³-hybridized carbons (Fsp3) is 0.391. The van der Waals surface area contributed by atoms with Crippen molar-refractivity contribution in [3.8, 4) is 0 Å². The molecule has 0 radical (unpaired) electrons. The molecule has 0 saturated heterocycles. The van der Waals surface area contributed by atoms with Gasteiger partial charge in [0, 0.05) is 19.4 Å². The van der Waals surface area contributed by atoms with Gasteiger partial charge in [0.2, 0.25) is 15.9 Å². The summed E-state index contributed by atoms with van der Waals surface area (Å²) in [5.41, 5.74) is 2.33. The van der Waals surface area contributed by atoms with E-state index in [1.165, 1.54) is 12.1 Å². The van der Waals surface area contributed by atoms with E-state index >= 15 is 0 Å². The lowest BCUT2D eigenvalue weighted by atomic mass is 9.71. The molecule has 164 valence electrons. The van der Waals surface area contributed by atoms with Gasteiger partial charge < -0.3 is 9.88 Å². The van der Waals surface area contributed by atoms with Gasteiger partial charge in [0.1, 0.15) is 5.82 Å². The van der Waals surface area contributed by atoms with Crippen molar-refractivity contribution in [3.05, 3.63) is 59.9 Å². The van der Waals surface area contributed by atoms with Crippen LogP contribution >= 0.6 is 0 Å². The number of imidazole rings is 1. The maximum absolute atomic E-state index is 12.8. The van der Waals surface area contributed by atoms with Crippen LogP contribution in [0.4, 0.5) is 0 Å². The number of aromatic nitrogens is 2. The number of hydrogen-bond acceptors (Lipinski definition) is 4. The van der Waals surface area contributed by atoms with Crippen LogP contribution in [0.1, 0.15) is 50.4 Å². The summed E-state index contributed by atoms with van der Waals surface area (Å²) in [6.07, 6.45) is 4.72. The molecule has 0 spiro atoms. The predicted octanol–water partition coefficient (Wildman–Crippen LogP) is 3.22. The Kier molecular flexibility index (Phi) is 5.85. The lowest BCUT2D eigenvalue weighted by molar-refractivity contribution is -0.124. The maximum Gasteiger partial charge on any atom is 0.238 e. The van der Waals surface area contributed by atoms with Gasteiger partial charge in [-0.15, -0.1) is 0 Å². The number of hydrogen-bond donors (Lipinski definition) is 2. The van der Waals surface area contributed by atoms with Crippen molar-refractivity contribution in [3.63, 3.8) is 0 Å². The Labute approximate surface area is 182 Å². The maximum atomic E-state index is 12.8. The third-order valence-electron chi connectivity index (χ3n) is 6.06. The lowest BCUT2D eigenvalue weighted by Crippen LogP contribution is -2.50. The Morgan fingerprint density at radius 2 is 1.94 bits per heavy atom. The van der Waals surface area contributed by atoms with E-state index in [-0.39, 0.29) is 16.3 Å². The van der Waals surface area contributed by atoms with Crippen LogP contribution in [0.2, 0.25) is 0 Å². The first-order chi connectivity index (χ1) is 14.8. The van der Waals surface area contributed by atoms with Crippen molar-refractivity contribution in [2.45, 2.75) is 62.4 Å². The number of nitrogens with one attached hydrogen (secondary N) is 1. The predicted molar refractivity (Wildman–Crippen MR) is 120 cm³/mol. The standard InChI is InChI=1S/C23H28N4O3S/c1-2-15-27-20-10-9-18(31(24,29)30)16-19(20)25-21(27)11-12-22(28)26-23(13-6-14-23)17-7-4-3-5-8-17/h3-5,7-10,16H,2,6,11-15H2,1H3,(H,26,28)(H2,24,29,30). The zero-order valence-corrected chi connectivity index (χ0v) is 18.5. The largest absolute Gasteiger partial charge is 0.347 e. The van der Waals surface area contributed by atoms with Crippen molar-refractivity contribution >= 4 is 27.0 Å². The molecule has 1 saturated carbocycles. The summed E-state index contributed by atoms with van der Waals surface area (Å²) in [6.45, 7) is 2.82. The summed E-state index contributed by atoms with van der Waals surface area (Å²) >= 11 is 0. The lowest BCUT2D eigenvalue weighted by Gasteiger charge is -2.43. The van der Waals surface area contributed by atoms with E-state index in [1.54, 1.807) is 6.07 Å². The van der Waals surface area contributed by atoms with Gasteiger partial charge in [-0.3, -0.25) is 4.79 Å². The molecule has 3 aromatic rings. The molecular formula is C23H28N4O3S. The number of nitrogens with zero attached hydrogens (tertiary/aromatic N) is 2. The van der Waals surface area contributed by atoms with Gasteiger partial charge >= 0.3 is 0 Å². The molecule has 1 amide bonds. The smallest absolute Gasteiger partial charge is 0.238 e. The highest BCUT2D eigenvalue weighted by molar-refractivity contribution is 7.89. The molecule has 1 heterocycles. The second-order valence-electron chi connectivity index (χ2n) is 8.23. The van der Waals surface area contributed by atoms with Crippen molar-refractivity contribution in [2.75, 3.05) is 0 Å². The minimum Gasteiger partial charge on any atom is -0.347 e. The number of carbonyl (C=O) groups is 1. The Hall–Kier alpha value is -2.71. The third-order valence-corrected chi connectivity index (χ3v) is 6.97. The van der Waals surface area contributed by atoms with E-state index in [1.807, 2.05) is 18.2 Å².